The van der Waals surface area contributed by atoms with Gasteiger partial charge in [0.15, 0.2) is 11.5 Å². The smallest absolute Gasteiger partial charge is 0.316 e. The third-order valence-electron chi connectivity index (χ3n) is 3.78. The maximum atomic E-state index is 12.4. The highest BCUT2D eigenvalue weighted by molar-refractivity contribution is 5.82. The van der Waals surface area contributed by atoms with Gasteiger partial charge in [-0.3, -0.25) is 9.59 Å². The molecule has 10 nitrogen and oxygen atoms in total. The van der Waals surface area contributed by atoms with Crippen LogP contribution in [-0.4, -0.2) is 35.5 Å². The van der Waals surface area contributed by atoms with Crippen LogP contribution in [0.15, 0.2) is 18.2 Å². The lowest BCUT2D eigenvalue weighted by atomic mass is 9.97. The Morgan fingerprint density at radius 3 is 1.75 bits per heavy atom. The Kier molecular flexibility index (Phi) is 10.8. The highest BCUT2D eigenvalue weighted by atomic mass is 35.7. The van der Waals surface area contributed by atoms with Gasteiger partial charge in [-0.1, -0.05) is 0 Å². The molecule has 0 saturated heterocycles. The molecule has 1 aromatic carbocycles. The second-order valence-corrected chi connectivity index (χ2v) is 10.0. The van der Waals surface area contributed by atoms with E-state index in [1.54, 1.807) is 59.7 Å². The molecule has 0 saturated carbocycles. The van der Waals surface area contributed by atoms with Gasteiger partial charge in [-0.2, -0.15) is 14.0 Å². The van der Waals surface area contributed by atoms with Crippen LogP contribution in [-0.2, 0) is 14.4 Å². The minimum atomic E-state index is -4.69. The van der Waals surface area contributed by atoms with Crippen molar-refractivity contribution in [2.75, 3.05) is 11.4 Å². The molecule has 0 fully saturated rings. The predicted octanol–water partition coefficient (Wildman–Crippen LogP) is -0.121. The number of hydrogen-bond acceptors (Lipinski definition) is 10. The van der Waals surface area contributed by atoms with Crippen molar-refractivity contribution in [1.82, 2.24) is 0 Å². The van der Waals surface area contributed by atoms with Crippen molar-refractivity contribution in [3.8, 4) is 11.5 Å². The molecule has 0 atom stereocenters. The molecule has 1 N–H and O–H groups in total. The number of carbonyl (C=O) groups excluding carboxylic acids is 3. The number of halogens is 1. The fourth-order valence-corrected chi connectivity index (χ4v) is 2.04. The summed E-state index contributed by atoms with van der Waals surface area (Å²) in [5.74, 6) is -0.552. The van der Waals surface area contributed by atoms with E-state index in [-0.39, 0.29) is 24.1 Å². The summed E-state index contributed by atoms with van der Waals surface area (Å²) in [5.41, 5.74) is -0.725. The first kappa shape index (κ1) is 29.8. The van der Waals surface area contributed by atoms with E-state index in [0.717, 1.165) is 6.29 Å². The zero-order chi connectivity index (χ0) is 25.5. The molecular weight excluding hydrogens is 446 g/mol. The molecule has 0 bridgehead atoms. The van der Waals surface area contributed by atoms with Crippen LogP contribution in [0.25, 0.3) is 0 Å². The zero-order valence-electron chi connectivity index (χ0n) is 19.6. The van der Waals surface area contributed by atoms with Gasteiger partial charge in [-0.05, 0) is 67.5 Å². The number of anilines is 1. The molecule has 32 heavy (non-hydrogen) atoms. The minimum Gasteiger partial charge on any atom is -0.422 e. The maximum absolute atomic E-state index is 12.4. The highest BCUT2D eigenvalue weighted by Gasteiger charge is 2.28. The lowest BCUT2D eigenvalue weighted by Gasteiger charge is -2.28. The van der Waals surface area contributed by atoms with E-state index in [1.165, 1.54) is 0 Å². The number of carbonyl (C=O) groups is 3. The van der Waals surface area contributed by atoms with Crippen LogP contribution in [0.2, 0.25) is 0 Å². The molecule has 1 rings (SSSR count). The molecule has 0 aliphatic rings. The van der Waals surface area contributed by atoms with E-state index < -0.39 is 33.0 Å². The lowest BCUT2D eigenvalue weighted by molar-refractivity contribution is -1.92. The average molecular weight is 478 g/mol. The summed E-state index contributed by atoms with van der Waals surface area (Å²) in [7, 11) is -4.69. The first-order valence-electron chi connectivity index (χ1n) is 9.69. The van der Waals surface area contributed by atoms with E-state index in [1.807, 2.05) is 18.7 Å². The minimum absolute atomic E-state index is 0.0596. The van der Waals surface area contributed by atoms with Gasteiger partial charge in [-0.15, -0.1) is 0 Å². The summed E-state index contributed by atoms with van der Waals surface area (Å²) in [6.45, 7) is 14.6. The fraction of sp³-hybridized carbons (Fsp3) is 0.571. The van der Waals surface area contributed by atoms with Crippen LogP contribution in [0.1, 0.15) is 55.4 Å². The largest absolute Gasteiger partial charge is 0.422 e. The molecular formula is C21H32ClNO9. The molecule has 0 aromatic heterocycles. The number of aldehydes is 1. The Morgan fingerprint density at radius 2 is 1.41 bits per heavy atom. The van der Waals surface area contributed by atoms with Gasteiger partial charge in [-0.25, -0.2) is 0 Å². The Labute approximate surface area is 190 Å². The van der Waals surface area contributed by atoms with E-state index in [2.05, 4.69) is 0 Å². The summed E-state index contributed by atoms with van der Waals surface area (Å²) in [4.78, 5) is 37.5. The SMILES string of the molecule is CC(C)N(CC=O)c1ccc(OC(=O)C(C)(C)C)c(OC(=O)C(C)(C)C)c1.[O-][Cl+3]([O-])([O-])O. The first-order chi connectivity index (χ1) is 14.3. The standard InChI is InChI=1S/C21H31NO5.ClHO4/c1-14(2)22(11-12-23)15-9-10-16(26-18(24)20(3,4)5)17(13-15)27-19(25)21(6,7)8;2-1(3,4)5/h9-10,12-14H,11H2,1-8H3;(H,2,3,4,5). The number of rotatable bonds is 6. The Hall–Kier alpha value is -2.24. The fourth-order valence-electron chi connectivity index (χ4n) is 2.04. The molecule has 0 unspecified atom stereocenters. The number of ether oxygens (including phenoxy) is 2. The lowest BCUT2D eigenvalue weighted by Crippen LogP contribution is -2.58. The van der Waals surface area contributed by atoms with E-state index in [0.29, 0.717) is 5.69 Å². The molecule has 0 aliphatic carbocycles. The quantitative estimate of drug-likeness (QED) is 0.332. The van der Waals surface area contributed by atoms with Gasteiger partial charge in [0.2, 0.25) is 0 Å². The molecule has 1 aromatic rings. The van der Waals surface area contributed by atoms with Crippen LogP contribution in [0.3, 0.4) is 0 Å². The number of benzene rings is 1. The van der Waals surface area contributed by atoms with Crippen molar-refractivity contribution in [2.45, 2.75) is 61.4 Å². The number of hydrogen-bond donors (Lipinski definition) is 1. The van der Waals surface area contributed by atoms with Crippen LogP contribution in [0.4, 0.5) is 5.69 Å². The second-order valence-electron chi connectivity index (χ2n) is 9.22. The third-order valence-corrected chi connectivity index (χ3v) is 3.78. The summed E-state index contributed by atoms with van der Waals surface area (Å²) in [5, 5.41) is 0. The molecule has 0 heterocycles. The van der Waals surface area contributed by atoms with Gasteiger partial charge >= 0.3 is 11.9 Å². The van der Waals surface area contributed by atoms with Gasteiger partial charge in [0, 0.05) is 17.8 Å². The van der Waals surface area contributed by atoms with Crippen molar-refractivity contribution in [2.24, 2.45) is 10.8 Å². The molecule has 0 radical (unpaired) electrons. The van der Waals surface area contributed by atoms with Crippen LogP contribution >= 0.6 is 0 Å². The third kappa shape index (κ3) is 11.4. The van der Waals surface area contributed by atoms with Crippen molar-refractivity contribution in [3.63, 3.8) is 0 Å². The summed E-state index contributed by atoms with van der Waals surface area (Å²) in [6.07, 6.45) is 0.814. The highest BCUT2D eigenvalue weighted by Crippen LogP contribution is 2.35. The normalized spacial score (nSPS) is 11.9. The van der Waals surface area contributed by atoms with Crippen LogP contribution in [0.5, 0.6) is 11.5 Å². The van der Waals surface area contributed by atoms with E-state index >= 15 is 0 Å². The van der Waals surface area contributed by atoms with Crippen molar-refractivity contribution >= 4 is 23.9 Å². The molecule has 0 amide bonds. The molecule has 182 valence electrons. The predicted molar refractivity (Wildman–Crippen MR) is 107 cm³/mol. The Balaban J connectivity index is 0.00000172. The summed E-state index contributed by atoms with van der Waals surface area (Å²) >= 11 is 0. The monoisotopic (exact) mass is 477 g/mol. The second kappa shape index (κ2) is 11.6. The van der Waals surface area contributed by atoms with E-state index in [4.69, 9.17) is 28.1 Å². The van der Waals surface area contributed by atoms with Gasteiger partial charge in [0.05, 0.1) is 32.3 Å². The van der Waals surface area contributed by atoms with E-state index in [9.17, 15) is 14.4 Å². The Bertz CT molecular complexity index is 784. The Morgan fingerprint density at radius 1 is 1.00 bits per heavy atom. The number of esters is 2. The zero-order valence-corrected chi connectivity index (χ0v) is 20.4. The van der Waals surface area contributed by atoms with Crippen LogP contribution in [0, 0.1) is 21.1 Å². The van der Waals surface area contributed by atoms with Crippen molar-refractivity contribution in [1.29, 1.82) is 0 Å². The van der Waals surface area contributed by atoms with Crippen molar-refractivity contribution in [3.05, 3.63) is 18.2 Å². The molecule has 11 heteroatoms. The first-order valence-corrected chi connectivity index (χ1v) is 11.0. The average Bonchev–Trinajstić information content (AvgIpc) is 2.57. The van der Waals surface area contributed by atoms with Gasteiger partial charge in [0.1, 0.15) is 6.29 Å². The van der Waals surface area contributed by atoms with Gasteiger partial charge in [0.25, 0.3) is 0 Å². The van der Waals surface area contributed by atoms with Crippen LogP contribution < -0.4 is 28.4 Å². The topological polar surface area (TPSA) is 162 Å². The molecule has 0 aliphatic heterocycles. The summed E-state index contributed by atoms with van der Waals surface area (Å²) in [6, 6.07) is 5.01. The maximum Gasteiger partial charge on any atom is 0.316 e. The molecule has 0 spiro atoms. The number of nitrogens with zero attached hydrogens (tertiary/aromatic N) is 1. The van der Waals surface area contributed by atoms with Crippen molar-refractivity contribution < 1.29 is 52.7 Å². The van der Waals surface area contributed by atoms with Gasteiger partial charge < -0.3 is 19.2 Å². The summed E-state index contributed by atoms with van der Waals surface area (Å²) < 4.78 is 43.7.